The van der Waals surface area contributed by atoms with Gasteiger partial charge in [-0.25, -0.2) is 0 Å². The number of nitrogens with one attached hydrogen (secondary N) is 7. The Kier molecular flexibility index (Phi) is 22.0. The number of benzene rings is 1. The number of likely N-dealkylation sites (tertiary alicyclic amines) is 1. The van der Waals surface area contributed by atoms with Gasteiger partial charge in [-0.3, -0.25) is 52.7 Å². The Morgan fingerprint density at radius 2 is 1.38 bits per heavy atom. The summed E-state index contributed by atoms with van der Waals surface area (Å²) in [6.45, 7) is 6.58. The van der Waals surface area contributed by atoms with Gasteiger partial charge in [0.2, 0.25) is 65.0 Å². The molecular weight excluding hydrogens is 901 g/mol. The molecule has 0 bridgehead atoms. The van der Waals surface area contributed by atoms with Crippen LogP contribution in [0.1, 0.15) is 91.0 Å². The monoisotopic (exact) mass is 969 g/mol. The minimum absolute atomic E-state index is 0.0417. The van der Waals surface area contributed by atoms with Gasteiger partial charge in [0.15, 0.2) is 0 Å². The summed E-state index contributed by atoms with van der Waals surface area (Å²) in [6.07, 6.45) is 1.73. The number of phenols is 1. The SMILES string of the molecule is CC[C@H](C)[C@@H]1NC(=O)[C@H](Cc2ccc(O)cc2)NC(=O)[C@@H](N)C/C=C/C[C@@H](C(=O)N2CCC[C@H]2C(=O)N[C@@H](CC(C)C)C(=O)NCC(N)=O)NC(=O)[C@H](CC(N)=O)NC(=O)C(CCC(N)=O)NC1=O. The normalized spacial score (nSPS) is 24.5. The average Bonchev–Trinajstić information content (AvgIpc) is 3.78. The molecule has 2 aliphatic rings. The summed E-state index contributed by atoms with van der Waals surface area (Å²) in [5.74, 6) is -10.2. The van der Waals surface area contributed by atoms with Crippen LogP contribution in [0, 0.1) is 11.8 Å². The quantitative estimate of drug-likeness (QED) is 0.0671. The number of carbonyl (C=O) groups excluding carboxylic acids is 11. The molecule has 1 saturated heterocycles. The number of phenolic OH excluding ortho intramolecular Hbond substituents is 1. The minimum atomic E-state index is -1.76. The fourth-order valence-electron chi connectivity index (χ4n) is 7.66. The predicted molar refractivity (Wildman–Crippen MR) is 248 cm³/mol. The summed E-state index contributed by atoms with van der Waals surface area (Å²) in [7, 11) is 0. The number of amides is 11. The number of hydrogen-bond donors (Lipinski definition) is 12. The second-order valence-electron chi connectivity index (χ2n) is 17.8. The Bertz CT molecular complexity index is 2080. The maximum atomic E-state index is 14.5. The molecule has 1 aromatic carbocycles. The van der Waals surface area contributed by atoms with Crippen molar-refractivity contribution in [1.29, 1.82) is 0 Å². The molecule has 0 spiro atoms. The van der Waals surface area contributed by atoms with Gasteiger partial charge in [-0.15, -0.1) is 0 Å². The van der Waals surface area contributed by atoms with Crippen molar-refractivity contribution >= 4 is 65.0 Å². The Labute approximate surface area is 400 Å². The third-order valence-electron chi connectivity index (χ3n) is 11.6. The highest BCUT2D eigenvalue weighted by Crippen LogP contribution is 2.21. The summed E-state index contributed by atoms with van der Waals surface area (Å²) >= 11 is 0. The molecule has 2 aliphatic heterocycles. The largest absolute Gasteiger partial charge is 0.508 e. The van der Waals surface area contributed by atoms with Crippen LogP contribution < -0.4 is 60.2 Å². The van der Waals surface area contributed by atoms with Crippen LogP contribution in [0.4, 0.5) is 0 Å². The van der Waals surface area contributed by atoms with Crippen LogP contribution in [0.2, 0.25) is 0 Å². The molecule has 11 amide bonds. The molecule has 1 fully saturated rings. The van der Waals surface area contributed by atoms with Crippen molar-refractivity contribution in [3.05, 3.63) is 42.0 Å². The van der Waals surface area contributed by atoms with Gasteiger partial charge in [0, 0.05) is 19.4 Å². The van der Waals surface area contributed by atoms with E-state index in [0.29, 0.717) is 18.4 Å². The zero-order chi connectivity index (χ0) is 51.5. The number of nitrogens with zero attached hydrogens (tertiary/aromatic N) is 1. The predicted octanol–water partition coefficient (Wildman–Crippen LogP) is -3.65. The second-order valence-corrected chi connectivity index (χ2v) is 17.8. The molecule has 1 aromatic rings. The van der Waals surface area contributed by atoms with Crippen LogP contribution in [0.5, 0.6) is 5.75 Å². The van der Waals surface area contributed by atoms with E-state index in [-0.39, 0.29) is 50.3 Å². The molecule has 16 N–H and O–H groups in total. The molecule has 69 heavy (non-hydrogen) atoms. The van der Waals surface area contributed by atoms with Gasteiger partial charge in [0.25, 0.3) is 0 Å². The highest BCUT2D eigenvalue weighted by atomic mass is 16.3. The van der Waals surface area contributed by atoms with Crippen molar-refractivity contribution in [2.75, 3.05) is 13.1 Å². The molecule has 0 aliphatic carbocycles. The van der Waals surface area contributed by atoms with E-state index in [2.05, 4.69) is 37.2 Å². The summed E-state index contributed by atoms with van der Waals surface area (Å²) in [5, 5.41) is 27.6. The van der Waals surface area contributed by atoms with Gasteiger partial charge in [0.1, 0.15) is 48.0 Å². The van der Waals surface area contributed by atoms with Crippen LogP contribution >= 0.6 is 0 Å². The van der Waals surface area contributed by atoms with E-state index in [1.807, 2.05) is 13.8 Å². The zero-order valence-electron chi connectivity index (χ0n) is 39.4. The van der Waals surface area contributed by atoms with Gasteiger partial charge in [-0.1, -0.05) is 58.4 Å². The van der Waals surface area contributed by atoms with E-state index >= 15 is 0 Å². The maximum absolute atomic E-state index is 14.5. The summed E-state index contributed by atoms with van der Waals surface area (Å²) in [4.78, 5) is 148. The molecule has 0 aromatic heterocycles. The van der Waals surface area contributed by atoms with Gasteiger partial charge in [0.05, 0.1) is 19.0 Å². The average molecular weight is 969 g/mol. The van der Waals surface area contributed by atoms with Crippen molar-refractivity contribution in [3.8, 4) is 5.75 Å². The van der Waals surface area contributed by atoms with Gasteiger partial charge in [-0.2, -0.15) is 0 Å². The van der Waals surface area contributed by atoms with E-state index in [1.54, 1.807) is 13.8 Å². The van der Waals surface area contributed by atoms with Crippen molar-refractivity contribution in [1.82, 2.24) is 42.1 Å². The van der Waals surface area contributed by atoms with E-state index in [1.165, 1.54) is 41.3 Å². The number of aromatic hydroxyl groups is 1. The number of primary amides is 3. The number of nitrogens with two attached hydrogens (primary N) is 4. The highest BCUT2D eigenvalue weighted by Gasteiger charge is 2.40. The third-order valence-corrected chi connectivity index (χ3v) is 11.6. The molecule has 3 rings (SSSR count). The van der Waals surface area contributed by atoms with Gasteiger partial charge < -0.3 is 70.2 Å². The lowest BCUT2D eigenvalue weighted by Gasteiger charge is -2.31. The standard InChI is InChI=1S/C45H68N12O12/c1-5-24(4)37-44(68)51-28(16-17-34(47)59)40(64)54-32(21-35(48)60)41(65)52-29(10-7-6-9-27(46)38(62)53-31(42(66)56-37)20-25-12-14-26(58)15-13-25)45(69)57-18-8-11-33(57)43(67)55-30(19-23(2)3)39(63)50-22-36(49)61/h6-7,12-15,23-24,27-33,37,58H,5,8-11,16-22,46H2,1-4H3,(H2,47,59)(H2,48,60)(H2,49,61)(H,50,63)(H,51,68)(H,52,65)(H,53,62)(H,54,64)(H,55,67)(H,56,66)/b7-6+/t24-,27-,28?,29-,30-,31-,32-,33-,37-/m0/s1. The lowest BCUT2D eigenvalue weighted by molar-refractivity contribution is -0.142. The molecular formula is C45H68N12O12. The van der Waals surface area contributed by atoms with Crippen LogP contribution in [0.3, 0.4) is 0 Å². The fraction of sp³-hybridized carbons (Fsp3) is 0.578. The first-order valence-corrected chi connectivity index (χ1v) is 22.9. The number of carbonyl (C=O) groups is 11. The van der Waals surface area contributed by atoms with E-state index in [9.17, 15) is 57.8 Å². The molecule has 0 radical (unpaired) electrons. The molecule has 24 heteroatoms. The van der Waals surface area contributed by atoms with Crippen LogP contribution in [-0.2, 0) is 59.2 Å². The van der Waals surface area contributed by atoms with Crippen molar-refractivity contribution in [3.63, 3.8) is 0 Å². The molecule has 24 nitrogen and oxygen atoms in total. The molecule has 1 unspecified atom stereocenters. The molecule has 9 atom stereocenters. The van der Waals surface area contributed by atoms with Crippen molar-refractivity contribution in [2.24, 2.45) is 34.8 Å². The van der Waals surface area contributed by atoms with Crippen molar-refractivity contribution < 1.29 is 57.8 Å². The first-order valence-electron chi connectivity index (χ1n) is 22.9. The fourth-order valence-corrected chi connectivity index (χ4v) is 7.66. The van der Waals surface area contributed by atoms with Gasteiger partial charge in [-0.05, 0) is 68.1 Å². The lowest BCUT2D eigenvalue weighted by Crippen LogP contribution is -2.61. The molecule has 2 heterocycles. The Hall–Kier alpha value is -7.11. The Morgan fingerprint density at radius 3 is 1.99 bits per heavy atom. The Balaban J connectivity index is 2.08. The summed E-state index contributed by atoms with van der Waals surface area (Å²) < 4.78 is 0. The van der Waals surface area contributed by atoms with Crippen LogP contribution in [-0.4, -0.2) is 136 Å². The zero-order valence-corrected chi connectivity index (χ0v) is 39.4. The van der Waals surface area contributed by atoms with Crippen molar-refractivity contribution in [2.45, 2.75) is 140 Å². The van der Waals surface area contributed by atoms with Crippen LogP contribution in [0.15, 0.2) is 36.4 Å². The van der Waals surface area contributed by atoms with Crippen LogP contribution in [0.25, 0.3) is 0 Å². The third kappa shape index (κ3) is 18.1. The lowest BCUT2D eigenvalue weighted by atomic mass is 9.96. The molecule has 380 valence electrons. The molecule has 0 saturated carbocycles. The summed E-state index contributed by atoms with van der Waals surface area (Å²) in [6, 6.07) is -5.15. The van der Waals surface area contributed by atoms with E-state index in [0.717, 1.165) is 0 Å². The smallest absolute Gasteiger partial charge is 0.246 e. The maximum Gasteiger partial charge on any atom is 0.246 e. The summed E-state index contributed by atoms with van der Waals surface area (Å²) in [5.41, 5.74) is 22.9. The Morgan fingerprint density at radius 1 is 0.768 bits per heavy atom. The topological polar surface area (TPSA) is 400 Å². The van der Waals surface area contributed by atoms with E-state index < -0.39 is 145 Å². The number of rotatable bonds is 17. The minimum Gasteiger partial charge on any atom is -0.508 e. The van der Waals surface area contributed by atoms with Gasteiger partial charge >= 0.3 is 0 Å². The highest BCUT2D eigenvalue weighted by molar-refractivity contribution is 5.99. The second kappa shape index (κ2) is 27.0. The first-order chi connectivity index (χ1) is 32.5. The first kappa shape index (κ1) is 56.2. The van der Waals surface area contributed by atoms with E-state index in [4.69, 9.17) is 22.9 Å². The number of hydrogen-bond acceptors (Lipinski definition) is 13.